The number of halogens is 1. The largest absolute Gasteiger partial charge is 0.497 e. The van der Waals surface area contributed by atoms with Crippen LogP contribution in [0.4, 0.5) is 5.69 Å². The van der Waals surface area contributed by atoms with Crippen LogP contribution >= 0.6 is 15.9 Å². The van der Waals surface area contributed by atoms with Crippen molar-refractivity contribution in [3.05, 3.63) is 93.5 Å². The van der Waals surface area contributed by atoms with E-state index in [1.54, 1.807) is 54.6 Å². The first-order chi connectivity index (χ1) is 15.4. The van der Waals surface area contributed by atoms with E-state index >= 15 is 0 Å². The predicted molar refractivity (Wildman–Crippen MR) is 125 cm³/mol. The fourth-order valence-corrected chi connectivity index (χ4v) is 3.13. The summed E-state index contributed by atoms with van der Waals surface area (Å²) in [7, 11) is 1.54. The van der Waals surface area contributed by atoms with Crippen molar-refractivity contribution in [3.63, 3.8) is 0 Å². The Morgan fingerprint density at radius 1 is 1.03 bits per heavy atom. The molecular weight excluding hydrogens is 472 g/mol. The molecule has 0 saturated heterocycles. The molecule has 0 radical (unpaired) electrons. The van der Waals surface area contributed by atoms with Gasteiger partial charge in [0.25, 0.3) is 5.91 Å². The van der Waals surface area contributed by atoms with Crippen LogP contribution in [0.25, 0.3) is 6.08 Å². The molecule has 0 aromatic heterocycles. The molecule has 0 bridgehead atoms. The number of methoxy groups -OCH3 is 1. The molecule has 0 saturated carbocycles. The van der Waals surface area contributed by atoms with E-state index in [9.17, 15) is 14.9 Å². The van der Waals surface area contributed by atoms with Gasteiger partial charge in [-0.2, -0.15) is 5.26 Å². The number of nitrogens with zero attached hydrogens (tertiary/aromatic N) is 1. The number of hydrogen-bond donors (Lipinski definition) is 1. The number of rotatable bonds is 6. The molecule has 0 atom stereocenters. The van der Waals surface area contributed by atoms with Gasteiger partial charge in [-0.15, -0.1) is 0 Å². The second-order valence-corrected chi connectivity index (χ2v) is 7.71. The number of nitriles is 1. The first-order valence-corrected chi connectivity index (χ1v) is 10.3. The highest BCUT2D eigenvalue weighted by Gasteiger charge is 2.15. The lowest BCUT2D eigenvalue weighted by molar-refractivity contribution is -0.112. The molecule has 0 aliphatic heterocycles. The lowest BCUT2D eigenvalue weighted by atomic mass is 10.1. The molecule has 32 heavy (non-hydrogen) atoms. The molecule has 0 spiro atoms. The number of carbonyl (C=O) groups excluding carboxylic acids is 2. The molecule has 1 N–H and O–H groups in total. The van der Waals surface area contributed by atoms with Crippen LogP contribution in [-0.4, -0.2) is 19.0 Å². The highest BCUT2D eigenvalue weighted by molar-refractivity contribution is 9.10. The maximum Gasteiger partial charge on any atom is 0.343 e. The summed E-state index contributed by atoms with van der Waals surface area (Å²) in [5, 5.41) is 12.2. The van der Waals surface area contributed by atoms with Crippen LogP contribution in [0.5, 0.6) is 11.5 Å². The summed E-state index contributed by atoms with van der Waals surface area (Å²) >= 11 is 3.37. The first kappa shape index (κ1) is 22.8. The van der Waals surface area contributed by atoms with Gasteiger partial charge in [-0.05, 0) is 67.6 Å². The molecule has 0 unspecified atom stereocenters. The van der Waals surface area contributed by atoms with Gasteiger partial charge in [0.1, 0.15) is 23.1 Å². The van der Waals surface area contributed by atoms with Gasteiger partial charge in [-0.25, -0.2) is 4.79 Å². The number of carbonyl (C=O) groups is 2. The Labute approximate surface area is 194 Å². The van der Waals surface area contributed by atoms with Crippen molar-refractivity contribution < 1.29 is 19.1 Å². The van der Waals surface area contributed by atoms with Crippen LogP contribution in [0.1, 0.15) is 21.5 Å². The molecule has 3 rings (SSSR count). The smallest absolute Gasteiger partial charge is 0.343 e. The Morgan fingerprint density at radius 2 is 1.72 bits per heavy atom. The minimum Gasteiger partial charge on any atom is -0.497 e. The van der Waals surface area contributed by atoms with E-state index in [4.69, 9.17) is 9.47 Å². The number of anilines is 1. The topological polar surface area (TPSA) is 88.4 Å². The van der Waals surface area contributed by atoms with Crippen molar-refractivity contribution in [2.24, 2.45) is 0 Å². The quantitative estimate of drug-likeness (QED) is 0.212. The normalized spacial score (nSPS) is 10.8. The molecule has 1 amide bonds. The van der Waals surface area contributed by atoms with Crippen molar-refractivity contribution >= 4 is 39.6 Å². The van der Waals surface area contributed by atoms with Crippen molar-refractivity contribution in [3.8, 4) is 17.6 Å². The molecule has 0 aliphatic carbocycles. The number of ether oxygens (including phenoxy) is 2. The number of amides is 1. The monoisotopic (exact) mass is 490 g/mol. The summed E-state index contributed by atoms with van der Waals surface area (Å²) in [6.07, 6.45) is 1.38. The van der Waals surface area contributed by atoms with E-state index in [0.717, 1.165) is 5.56 Å². The predicted octanol–water partition coefficient (Wildman–Crippen LogP) is 5.53. The molecule has 0 fully saturated rings. The SMILES string of the molecule is COc1ccc(C(=O)Oc2ccc(Br)cc2/C=C(\C#N)C(=O)Nc2ccc(C)cc2)cc1. The summed E-state index contributed by atoms with van der Waals surface area (Å²) < 4.78 is 11.3. The van der Waals surface area contributed by atoms with Crippen molar-refractivity contribution in [2.75, 3.05) is 12.4 Å². The molecule has 0 heterocycles. The van der Waals surface area contributed by atoms with Crippen LogP contribution in [-0.2, 0) is 4.79 Å². The third-order valence-electron chi connectivity index (χ3n) is 4.47. The van der Waals surface area contributed by atoms with Gasteiger partial charge >= 0.3 is 5.97 Å². The summed E-state index contributed by atoms with van der Waals surface area (Å²) in [6.45, 7) is 1.94. The van der Waals surface area contributed by atoms with E-state index in [-0.39, 0.29) is 11.3 Å². The van der Waals surface area contributed by atoms with E-state index in [0.29, 0.717) is 27.0 Å². The van der Waals surface area contributed by atoms with Crippen molar-refractivity contribution in [2.45, 2.75) is 6.92 Å². The van der Waals surface area contributed by atoms with Gasteiger partial charge in [0.15, 0.2) is 0 Å². The summed E-state index contributed by atoms with van der Waals surface area (Å²) in [5.74, 6) is -0.312. The molecule has 0 aliphatic rings. The fourth-order valence-electron chi connectivity index (χ4n) is 2.75. The maximum absolute atomic E-state index is 12.6. The molecule has 160 valence electrons. The Kier molecular flexibility index (Phi) is 7.42. The van der Waals surface area contributed by atoms with Crippen LogP contribution < -0.4 is 14.8 Å². The fraction of sp³-hybridized carbons (Fsp3) is 0.0800. The number of nitrogens with one attached hydrogen (secondary N) is 1. The van der Waals surface area contributed by atoms with Crippen LogP contribution in [0, 0.1) is 18.3 Å². The van der Waals surface area contributed by atoms with Gasteiger partial charge in [0, 0.05) is 15.7 Å². The van der Waals surface area contributed by atoms with Gasteiger partial charge in [0.2, 0.25) is 0 Å². The summed E-state index contributed by atoms with van der Waals surface area (Å²) in [5.41, 5.74) is 2.22. The average molecular weight is 491 g/mol. The number of benzene rings is 3. The lowest BCUT2D eigenvalue weighted by Gasteiger charge is -2.10. The molecule has 6 nitrogen and oxygen atoms in total. The van der Waals surface area contributed by atoms with Gasteiger partial charge < -0.3 is 14.8 Å². The van der Waals surface area contributed by atoms with Gasteiger partial charge in [0.05, 0.1) is 12.7 Å². The van der Waals surface area contributed by atoms with Gasteiger partial charge in [-0.3, -0.25) is 4.79 Å². The number of aryl methyl sites for hydroxylation is 1. The molecular formula is C25H19BrN2O4. The minimum atomic E-state index is -0.577. The zero-order valence-electron chi connectivity index (χ0n) is 17.4. The first-order valence-electron chi connectivity index (χ1n) is 9.55. The number of esters is 1. The van der Waals surface area contributed by atoms with E-state index in [2.05, 4.69) is 21.2 Å². The molecule has 3 aromatic carbocycles. The Balaban J connectivity index is 1.85. The molecule has 3 aromatic rings. The Bertz CT molecular complexity index is 1210. The minimum absolute atomic E-state index is 0.134. The average Bonchev–Trinajstić information content (AvgIpc) is 2.80. The van der Waals surface area contributed by atoms with Crippen LogP contribution in [0.2, 0.25) is 0 Å². The van der Waals surface area contributed by atoms with E-state index in [1.807, 2.05) is 25.1 Å². The molecule has 7 heteroatoms. The Morgan fingerprint density at radius 3 is 2.34 bits per heavy atom. The zero-order chi connectivity index (χ0) is 23.1. The standard InChI is InChI=1S/C25H19BrN2O4/c1-16-3-8-21(9-4-16)28-24(29)19(15-27)13-18-14-20(26)7-12-23(18)32-25(30)17-5-10-22(31-2)11-6-17/h3-14H,1-2H3,(H,28,29)/b19-13+. The maximum atomic E-state index is 12.6. The van der Waals surface area contributed by atoms with Gasteiger partial charge in [-0.1, -0.05) is 33.6 Å². The third-order valence-corrected chi connectivity index (χ3v) is 4.97. The van der Waals surface area contributed by atoms with E-state index < -0.39 is 11.9 Å². The second kappa shape index (κ2) is 10.4. The van der Waals surface area contributed by atoms with Crippen molar-refractivity contribution in [1.29, 1.82) is 5.26 Å². The highest BCUT2D eigenvalue weighted by Crippen LogP contribution is 2.27. The van der Waals surface area contributed by atoms with Crippen LogP contribution in [0.3, 0.4) is 0 Å². The van der Waals surface area contributed by atoms with Crippen LogP contribution in [0.15, 0.2) is 76.8 Å². The zero-order valence-corrected chi connectivity index (χ0v) is 19.0. The lowest BCUT2D eigenvalue weighted by Crippen LogP contribution is -2.13. The Hall–Kier alpha value is -3.89. The highest BCUT2D eigenvalue weighted by atomic mass is 79.9. The third kappa shape index (κ3) is 5.84. The number of hydrogen-bond acceptors (Lipinski definition) is 5. The van der Waals surface area contributed by atoms with Crippen molar-refractivity contribution in [1.82, 2.24) is 0 Å². The second-order valence-electron chi connectivity index (χ2n) is 6.79. The van der Waals surface area contributed by atoms with E-state index in [1.165, 1.54) is 13.2 Å². The summed E-state index contributed by atoms with van der Waals surface area (Å²) in [4.78, 5) is 25.2. The summed E-state index contributed by atoms with van der Waals surface area (Å²) in [6, 6.07) is 20.6.